The molecule has 190 valence electrons. The average Bonchev–Trinajstić information content (AvgIpc) is 2.78. The van der Waals surface area contributed by atoms with E-state index < -0.39 is 68.5 Å². The van der Waals surface area contributed by atoms with E-state index in [1.165, 1.54) is 32.1 Å². The lowest BCUT2D eigenvalue weighted by Gasteiger charge is -2.45. The number of hydrogen-bond acceptors (Lipinski definition) is 10. The minimum absolute atomic E-state index is 0.0871. The molecule has 0 aromatic carbocycles. The average molecular weight is 467 g/mol. The van der Waals surface area contributed by atoms with Crippen molar-refractivity contribution in [1.29, 1.82) is 0 Å². The number of rotatable bonds is 14. The van der Waals surface area contributed by atoms with Crippen LogP contribution in [0.3, 0.4) is 0 Å². The van der Waals surface area contributed by atoms with Crippen molar-refractivity contribution in [3.05, 3.63) is 0 Å². The first-order valence-electron chi connectivity index (χ1n) is 11.9. The summed E-state index contributed by atoms with van der Waals surface area (Å²) in [5.74, 6) is 0. The van der Waals surface area contributed by atoms with Crippen molar-refractivity contribution in [2.75, 3.05) is 19.8 Å². The van der Waals surface area contributed by atoms with Crippen molar-refractivity contribution in [3.8, 4) is 0 Å². The zero-order chi connectivity index (χ0) is 23.5. The van der Waals surface area contributed by atoms with Gasteiger partial charge in [-0.05, 0) is 6.42 Å². The largest absolute Gasteiger partial charge is 0.394 e. The molecule has 0 aromatic rings. The third-order valence-electron chi connectivity index (χ3n) is 6.11. The SMILES string of the molecule is CCCCCCCCCCO[C@@H]1OC(CO)[C@@H](O[C@@H]2OC(CO)[C@@H](O)CC2O)[C@H](O)C1O. The molecular weight excluding hydrogens is 424 g/mol. The minimum atomic E-state index is -1.46. The van der Waals surface area contributed by atoms with Gasteiger partial charge in [-0.1, -0.05) is 51.9 Å². The van der Waals surface area contributed by atoms with Crippen LogP contribution in [-0.4, -0.2) is 106 Å². The predicted octanol–water partition coefficient (Wildman–Crippen LogP) is -0.203. The van der Waals surface area contributed by atoms with E-state index in [-0.39, 0.29) is 6.42 Å². The fourth-order valence-electron chi connectivity index (χ4n) is 4.10. The maximum absolute atomic E-state index is 10.6. The highest BCUT2D eigenvalue weighted by Gasteiger charge is 2.48. The van der Waals surface area contributed by atoms with E-state index in [4.69, 9.17) is 18.9 Å². The lowest BCUT2D eigenvalue weighted by Crippen LogP contribution is -2.62. The Bertz CT molecular complexity index is 493. The third kappa shape index (κ3) is 8.12. The summed E-state index contributed by atoms with van der Waals surface area (Å²) in [6.07, 6.45) is -1.69. The van der Waals surface area contributed by atoms with Crippen molar-refractivity contribution in [3.63, 3.8) is 0 Å². The number of unbranched alkanes of at least 4 members (excludes halogenated alkanes) is 7. The zero-order valence-electron chi connectivity index (χ0n) is 19.0. The van der Waals surface area contributed by atoms with Crippen molar-refractivity contribution >= 4 is 0 Å². The van der Waals surface area contributed by atoms with Crippen molar-refractivity contribution in [2.45, 2.75) is 120 Å². The minimum Gasteiger partial charge on any atom is -0.394 e. The highest BCUT2D eigenvalue weighted by Crippen LogP contribution is 2.29. The van der Waals surface area contributed by atoms with E-state index in [1.54, 1.807) is 0 Å². The molecule has 0 saturated carbocycles. The second kappa shape index (κ2) is 14.8. The molecule has 2 fully saturated rings. The first-order chi connectivity index (χ1) is 15.4. The van der Waals surface area contributed by atoms with Crippen LogP contribution in [0.25, 0.3) is 0 Å². The third-order valence-corrected chi connectivity index (χ3v) is 6.11. The Morgan fingerprint density at radius 1 is 0.719 bits per heavy atom. The van der Waals surface area contributed by atoms with Gasteiger partial charge in [-0.3, -0.25) is 0 Å². The molecule has 2 aliphatic heterocycles. The fraction of sp³-hybridized carbons (Fsp3) is 1.00. The lowest BCUT2D eigenvalue weighted by atomic mass is 9.98. The van der Waals surface area contributed by atoms with Gasteiger partial charge in [-0.2, -0.15) is 0 Å². The molecule has 6 N–H and O–H groups in total. The van der Waals surface area contributed by atoms with E-state index >= 15 is 0 Å². The summed E-state index contributed by atoms with van der Waals surface area (Å²) in [5, 5.41) is 59.9. The van der Waals surface area contributed by atoms with Gasteiger partial charge in [-0.15, -0.1) is 0 Å². The molecule has 32 heavy (non-hydrogen) atoms. The van der Waals surface area contributed by atoms with Gasteiger partial charge in [0, 0.05) is 13.0 Å². The van der Waals surface area contributed by atoms with Gasteiger partial charge in [0.15, 0.2) is 12.6 Å². The number of aliphatic hydroxyl groups excluding tert-OH is 6. The summed E-state index contributed by atoms with van der Waals surface area (Å²) in [4.78, 5) is 0. The highest BCUT2D eigenvalue weighted by molar-refractivity contribution is 4.92. The molecule has 0 spiro atoms. The summed E-state index contributed by atoms with van der Waals surface area (Å²) in [7, 11) is 0. The standard InChI is InChI=1S/C22H42O10/c1-2-3-4-5-6-7-8-9-10-29-22-19(28)18(27)20(17(13-24)31-22)32-21-15(26)11-14(25)16(12-23)30-21/h14-28H,2-13H2,1H3/t14-,15?,16?,17?,18+,19?,20+,21-,22+/m0/s1. The van der Waals surface area contributed by atoms with Gasteiger partial charge in [-0.25, -0.2) is 0 Å². The van der Waals surface area contributed by atoms with Crippen molar-refractivity contribution in [2.24, 2.45) is 0 Å². The topological polar surface area (TPSA) is 158 Å². The van der Waals surface area contributed by atoms with E-state index in [0.29, 0.717) is 6.61 Å². The number of hydrogen-bond donors (Lipinski definition) is 6. The van der Waals surface area contributed by atoms with Crippen LogP contribution < -0.4 is 0 Å². The Kier molecular flexibility index (Phi) is 12.9. The number of ether oxygens (including phenoxy) is 4. The molecule has 0 aromatic heterocycles. The summed E-state index contributed by atoms with van der Waals surface area (Å²) >= 11 is 0. The van der Waals surface area contributed by atoms with Gasteiger partial charge in [0.25, 0.3) is 0 Å². The molecule has 10 heteroatoms. The van der Waals surface area contributed by atoms with E-state index in [0.717, 1.165) is 19.3 Å². The molecule has 9 atom stereocenters. The Morgan fingerprint density at radius 3 is 1.94 bits per heavy atom. The van der Waals surface area contributed by atoms with Crippen LogP contribution in [0.15, 0.2) is 0 Å². The van der Waals surface area contributed by atoms with Crippen LogP contribution in [0.1, 0.15) is 64.7 Å². The maximum atomic E-state index is 10.6. The predicted molar refractivity (Wildman–Crippen MR) is 114 cm³/mol. The Morgan fingerprint density at radius 2 is 1.31 bits per heavy atom. The van der Waals surface area contributed by atoms with Crippen LogP contribution in [0.4, 0.5) is 0 Å². The van der Waals surface area contributed by atoms with Crippen molar-refractivity contribution < 1.29 is 49.6 Å². The van der Waals surface area contributed by atoms with Crippen LogP contribution in [-0.2, 0) is 18.9 Å². The molecule has 0 bridgehead atoms. The van der Waals surface area contributed by atoms with E-state index in [1.807, 2.05) is 0 Å². The van der Waals surface area contributed by atoms with Crippen LogP contribution in [0, 0.1) is 0 Å². The van der Waals surface area contributed by atoms with E-state index in [2.05, 4.69) is 6.92 Å². The molecular formula is C22H42O10. The van der Waals surface area contributed by atoms with Gasteiger partial charge in [0.2, 0.25) is 0 Å². The normalized spacial score (nSPS) is 38.2. The Balaban J connectivity index is 1.78. The molecule has 2 aliphatic rings. The monoisotopic (exact) mass is 466 g/mol. The number of aliphatic hydroxyl groups is 6. The Labute approximate surface area is 190 Å². The lowest BCUT2D eigenvalue weighted by molar-refractivity contribution is -0.349. The molecule has 2 heterocycles. The molecule has 2 rings (SSSR count). The fourth-order valence-corrected chi connectivity index (χ4v) is 4.10. The quantitative estimate of drug-likeness (QED) is 0.189. The maximum Gasteiger partial charge on any atom is 0.186 e. The van der Waals surface area contributed by atoms with Gasteiger partial charge in [0.1, 0.15) is 36.6 Å². The molecule has 10 nitrogen and oxygen atoms in total. The van der Waals surface area contributed by atoms with Crippen LogP contribution in [0.2, 0.25) is 0 Å². The van der Waals surface area contributed by atoms with E-state index in [9.17, 15) is 30.6 Å². The molecule has 0 amide bonds. The highest BCUT2D eigenvalue weighted by atomic mass is 16.7. The summed E-state index contributed by atoms with van der Waals surface area (Å²) in [6, 6.07) is 0. The smallest absolute Gasteiger partial charge is 0.186 e. The Hall–Kier alpha value is -0.400. The summed E-state index contributed by atoms with van der Waals surface area (Å²) in [6.45, 7) is 1.56. The van der Waals surface area contributed by atoms with Gasteiger partial charge < -0.3 is 49.6 Å². The molecule has 0 radical (unpaired) electrons. The first kappa shape index (κ1) is 27.8. The van der Waals surface area contributed by atoms with Gasteiger partial charge >= 0.3 is 0 Å². The summed E-state index contributed by atoms with van der Waals surface area (Å²) in [5.41, 5.74) is 0. The van der Waals surface area contributed by atoms with Gasteiger partial charge in [0.05, 0.1) is 19.3 Å². The first-order valence-corrected chi connectivity index (χ1v) is 11.9. The molecule has 0 aliphatic carbocycles. The summed E-state index contributed by atoms with van der Waals surface area (Å²) < 4.78 is 22.2. The molecule has 2 saturated heterocycles. The van der Waals surface area contributed by atoms with Crippen molar-refractivity contribution in [1.82, 2.24) is 0 Å². The second-order valence-electron chi connectivity index (χ2n) is 8.75. The molecule has 4 unspecified atom stereocenters. The second-order valence-corrected chi connectivity index (χ2v) is 8.75. The zero-order valence-corrected chi connectivity index (χ0v) is 19.0. The van der Waals surface area contributed by atoms with Crippen LogP contribution in [0.5, 0.6) is 0 Å². The van der Waals surface area contributed by atoms with Crippen LogP contribution >= 0.6 is 0 Å².